The summed E-state index contributed by atoms with van der Waals surface area (Å²) in [5, 5.41) is 0.513. The minimum atomic E-state index is -0.164. The molecule has 1 N–H and O–H groups in total. The number of nitrogens with zero attached hydrogens (tertiary/aromatic N) is 2. The number of benzene rings is 1. The summed E-state index contributed by atoms with van der Waals surface area (Å²) in [4.78, 5) is 33.4. The van der Waals surface area contributed by atoms with E-state index in [1.165, 1.54) is 23.4 Å². The first-order valence-electron chi connectivity index (χ1n) is 8.21. The Bertz CT molecular complexity index is 803. The van der Waals surface area contributed by atoms with Gasteiger partial charge in [0, 0.05) is 23.5 Å². The molecule has 0 unspecified atom stereocenters. The summed E-state index contributed by atoms with van der Waals surface area (Å²) in [5.74, 6) is 0.304. The number of carbonyl (C=O) groups excluding carboxylic acids is 1. The van der Waals surface area contributed by atoms with Gasteiger partial charge in [0.05, 0.1) is 5.75 Å². The number of fused-ring (bicyclic) bond motifs is 1. The SMILES string of the molecule is CCCc1cc(=O)[nH]c(SCC(=O)N2c3ccccc3C[C@H]2C)n1. The zero-order chi connectivity index (χ0) is 17.1. The van der Waals surface area contributed by atoms with Gasteiger partial charge in [0.25, 0.3) is 5.56 Å². The van der Waals surface area contributed by atoms with Crippen molar-refractivity contribution in [2.45, 2.75) is 44.3 Å². The van der Waals surface area contributed by atoms with E-state index in [1.54, 1.807) is 0 Å². The molecule has 2 heterocycles. The van der Waals surface area contributed by atoms with E-state index in [4.69, 9.17) is 0 Å². The molecule has 2 aromatic rings. The lowest BCUT2D eigenvalue weighted by molar-refractivity contribution is -0.116. The van der Waals surface area contributed by atoms with Crippen LogP contribution in [-0.4, -0.2) is 27.7 Å². The monoisotopic (exact) mass is 343 g/mol. The number of thioether (sulfide) groups is 1. The fourth-order valence-electron chi connectivity index (χ4n) is 3.08. The third-order valence-electron chi connectivity index (χ3n) is 4.09. The van der Waals surface area contributed by atoms with Crippen molar-refractivity contribution in [2.24, 2.45) is 0 Å². The molecule has 24 heavy (non-hydrogen) atoms. The summed E-state index contributed by atoms with van der Waals surface area (Å²) in [7, 11) is 0. The summed E-state index contributed by atoms with van der Waals surface area (Å²) < 4.78 is 0. The van der Waals surface area contributed by atoms with Crippen molar-refractivity contribution in [3.63, 3.8) is 0 Å². The van der Waals surface area contributed by atoms with Gasteiger partial charge in [-0.05, 0) is 31.4 Å². The van der Waals surface area contributed by atoms with Gasteiger partial charge in [-0.15, -0.1) is 0 Å². The van der Waals surface area contributed by atoms with Crippen LogP contribution in [0.1, 0.15) is 31.5 Å². The third kappa shape index (κ3) is 3.53. The Labute approximate surface area is 145 Å². The van der Waals surface area contributed by atoms with Gasteiger partial charge in [0.15, 0.2) is 5.16 Å². The van der Waals surface area contributed by atoms with Crippen LogP contribution in [0, 0.1) is 0 Å². The van der Waals surface area contributed by atoms with Gasteiger partial charge in [-0.3, -0.25) is 9.59 Å². The molecule has 1 aliphatic heterocycles. The van der Waals surface area contributed by atoms with E-state index in [1.807, 2.05) is 30.0 Å². The lowest BCUT2D eigenvalue weighted by atomic mass is 10.1. The first kappa shape index (κ1) is 16.8. The number of aromatic amines is 1. The molecule has 0 aliphatic carbocycles. The first-order valence-corrected chi connectivity index (χ1v) is 9.20. The number of amides is 1. The van der Waals surface area contributed by atoms with Crippen LogP contribution in [0.5, 0.6) is 0 Å². The number of hydrogen-bond donors (Lipinski definition) is 1. The van der Waals surface area contributed by atoms with E-state index in [0.717, 1.165) is 30.6 Å². The number of aromatic nitrogens is 2. The first-order chi connectivity index (χ1) is 11.6. The molecular weight excluding hydrogens is 322 g/mol. The zero-order valence-electron chi connectivity index (χ0n) is 13.9. The summed E-state index contributed by atoms with van der Waals surface area (Å²) >= 11 is 1.29. The highest BCUT2D eigenvalue weighted by Gasteiger charge is 2.30. The number of anilines is 1. The molecule has 1 amide bonds. The van der Waals surface area contributed by atoms with Crippen LogP contribution in [0.2, 0.25) is 0 Å². The number of para-hydroxylation sites is 1. The Morgan fingerprint density at radius 2 is 2.21 bits per heavy atom. The molecule has 3 rings (SSSR count). The van der Waals surface area contributed by atoms with Crippen LogP contribution in [0.25, 0.3) is 0 Å². The van der Waals surface area contributed by atoms with E-state index in [0.29, 0.717) is 5.16 Å². The highest BCUT2D eigenvalue weighted by Crippen LogP contribution is 2.32. The second-order valence-corrected chi connectivity index (χ2v) is 6.99. The predicted molar refractivity (Wildman–Crippen MR) is 96.7 cm³/mol. The lowest BCUT2D eigenvalue weighted by Gasteiger charge is -2.22. The largest absolute Gasteiger partial charge is 0.308 e. The maximum absolute atomic E-state index is 12.7. The molecule has 6 heteroatoms. The highest BCUT2D eigenvalue weighted by molar-refractivity contribution is 7.99. The maximum Gasteiger partial charge on any atom is 0.251 e. The normalized spacial score (nSPS) is 16.2. The summed E-state index contributed by atoms with van der Waals surface area (Å²) in [5.41, 5.74) is 2.82. The summed E-state index contributed by atoms with van der Waals surface area (Å²) in [6, 6.07) is 9.70. The molecule has 1 aromatic heterocycles. The highest BCUT2D eigenvalue weighted by atomic mass is 32.2. The number of rotatable bonds is 5. The van der Waals surface area contributed by atoms with Gasteiger partial charge in [-0.1, -0.05) is 43.3 Å². The molecular formula is C18H21N3O2S. The predicted octanol–water partition coefficient (Wildman–Crippen LogP) is 2.79. The van der Waals surface area contributed by atoms with Crippen molar-refractivity contribution in [1.82, 2.24) is 9.97 Å². The maximum atomic E-state index is 12.7. The molecule has 1 atom stereocenters. The van der Waals surface area contributed by atoms with E-state index < -0.39 is 0 Å². The lowest BCUT2D eigenvalue weighted by Crippen LogP contribution is -2.37. The van der Waals surface area contributed by atoms with Crippen LogP contribution in [-0.2, 0) is 17.6 Å². The minimum Gasteiger partial charge on any atom is -0.308 e. The van der Waals surface area contributed by atoms with Crippen molar-refractivity contribution in [3.05, 3.63) is 51.9 Å². The third-order valence-corrected chi connectivity index (χ3v) is 4.95. The second kappa shape index (κ2) is 7.21. The molecule has 1 aliphatic rings. The van der Waals surface area contributed by atoms with Gasteiger partial charge < -0.3 is 9.88 Å². The number of H-pyrrole nitrogens is 1. The van der Waals surface area contributed by atoms with E-state index in [-0.39, 0.29) is 23.3 Å². The molecule has 0 bridgehead atoms. The van der Waals surface area contributed by atoms with Gasteiger partial charge in [-0.2, -0.15) is 0 Å². The van der Waals surface area contributed by atoms with Crippen molar-refractivity contribution in [1.29, 1.82) is 0 Å². The Morgan fingerprint density at radius 1 is 1.42 bits per heavy atom. The van der Waals surface area contributed by atoms with E-state index >= 15 is 0 Å². The van der Waals surface area contributed by atoms with Crippen molar-refractivity contribution >= 4 is 23.4 Å². The summed E-state index contributed by atoms with van der Waals surface area (Å²) in [6.07, 6.45) is 2.58. The molecule has 5 nitrogen and oxygen atoms in total. The Kier molecular flexibility index (Phi) is 5.04. The average Bonchev–Trinajstić information content (AvgIpc) is 2.88. The number of nitrogens with one attached hydrogen (secondary N) is 1. The summed E-state index contributed by atoms with van der Waals surface area (Å²) in [6.45, 7) is 4.11. The zero-order valence-corrected chi connectivity index (χ0v) is 14.7. The second-order valence-electron chi connectivity index (χ2n) is 6.03. The molecule has 126 valence electrons. The van der Waals surface area contributed by atoms with Gasteiger partial charge in [0.1, 0.15) is 0 Å². The topological polar surface area (TPSA) is 66.1 Å². The molecule has 1 aromatic carbocycles. The quantitative estimate of drug-likeness (QED) is 0.670. The van der Waals surface area contributed by atoms with Crippen LogP contribution in [0.15, 0.2) is 40.3 Å². The number of aryl methyl sites for hydroxylation is 1. The van der Waals surface area contributed by atoms with Crippen molar-refractivity contribution < 1.29 is 4.79 Å². The van der Waals surface area contributed by atoms with Gasteiger partial charge >= 0.3 is 0 Å². The van der Waals surface area contributed by atoms with Crippen LogP contribution in [0.4, 0.5) is 5.69 Å². The molecule has 0 fully saturated rings. The molecule has 0 saturated carbocycles. The Hall–Kier alpha value is -2.08. The van der Waals surface area contributed by atoms with Crippen LogP contribution >= 0.6 is 11.8 Å². The minimum absolute atomic E-state index is 0.0426. The fourth-order valence-corrected chi connectivity index (χ4v) is 3.84. The van der Waals surface area contributed by atoms with Crippen molar-refractivity contribution in [3.8, 4) is 0 Å². The molecule has 0 spiro atoms. The molecule has 0 saturated heterocycles. The van der Waals surface area contributed by atoms with Gasteiger partial charge in [0.2, 0.25) is 5.91 Å². The fraction of sp³-hybridized carbons (Fsp3) is 0.389. The van der Waals surface area contributed by atoms with Crippen molar-refractivity contribution in [2.75, 3.05) is 10.7 Å². The smallest absolute Gasteiger partial charge is 0.251 e. The Balaban J connectivity index is 1.71. The van der Waals surface area contributed by atoms with E-state index in [9.17, 15) is 9.59 Å². The molecule has 0 radical (unpaired) electrons. The standard InChI is InChI=1S/C18H21N3O2S/c1-3-6-14-10-16(22)20-18(19-14)24-11-17(23)21-12(2)9-13-7-4-5-8-15(13)21/h4-5,7-8,10,12H,3,6,9,11H2,1-2H3,(H,19,20,22)/t12-/m1/s1. The van der Waals surface area contributed by atoms with Gasteiger partial charge in [-0.25, -0.2) is 4.98 Å². The van der Waals surface area contributed by atoms with Crippen LogP contribution in [0.3, 0.4) is 0 Å². The average molecular weight is 343 g/mol. The Morgan fingerprint density at radius 3 is 3.00 bits per heavy atom. The van der Waals surface area contributed by atoms with E-state index in [2.05, 4.69) is 23.0 Å². The number of carbonyl (C=O) groups is 1. The number of hydrogen-bond acceptors (Lipinski definition) is 4. The van der Waals surface area contributed by atoms with Crippen LogP contribution < -0.4 is 10.5 Å².